The van der Waals surface area contributed by atoms with Crippen LogP contribution in [0.1, 0.15) is 17.3 Å². The maximum atomic E-state index is 12.2. The number of benzene rings is 2. The van der Waals surface area contributed by atoms with Gasteiger partial charge in [-0.25, -0.2) is 4.79 Å². The van der Waals surface area contributed by atoms with Gasteiger partial charge in [0, 0.05) is 0 Å². The Bertz CT molecular complexity index is 962. The number of carbonyl (C=O) groups is 3. The van der Waals surface area contributed by atoms with E-state index in [0.717, 1.165) is 0 Å². The number of amides is 2. The van der Waals surface area contributed by atoms with Crippen LogP contribution in [-0.4, -0.2) is 50.8 Å². The average molecular weight is 430 g/mol. The number of hydrazine groups is 1. The molecule has 1 aliphatic rings. The van der Waals surface area contributed by atoms with E-state index in [1.54, 1.807) is 37.3 Å². The van der Waals surface area contributed by atoms with Gasteiger partial charge in [0.05, 0.1) is 19.3 Å². The maximum absolute atomic E-state index is 12.2. The Labute approximate surface area is 178 Å². The van der Waals surface area contributed by atoms with Gasteiger partial charge in [-0.3, -0.25) is 20.4 Å². The highest BCUT2D eigenvalue weighted by Gasteiger charge is 2.27. The lowest BCUT2D eigenvalue weighted by Crippen LogP contribution is -2.51. The third-order valence-electron chi connectivity index (χ3n) is 4.16. The van der Waals surface area contributed by atoms with Crippen LogP contribution in [0.15, 0.2) is 42.5 Å². The summed E-state index contributed by atoms with van der Waals surface area (Å²) in [7, 11) is 1.48. The summed E-state index contributed by atoms with van der Waals surface area (Å²) in [4.78, 5) is 36.3. The molecule has 0 fully saturated rings. The van der Waals surface area contributed by atoms with Gasteiger partial charge in [-0.15, -0.1) is 0 Å². The Hall–Kier alpha value is -3.95. The van der Waals surface area contributed by atoms with Crippen molar-refractivity contribution in [3.05, 3.63) is 48.0 Å². The van der Waals surface area contributed by atoms with E-state index in [1.165, 1.54) is 19.2 Å². The fraction of sp³-hybridized carbons (Fsp3) is 0.286. The predicted molar refractivity (Wildman–Crippen MR) is 107 cm³/mol. The first-order valence-electron chi connectivity index (χ1n) is 9.47. The number of nitrogens with one attached hydrogen (secondary N) is 2. The summed E-state index contributed by atoms with van der Waals surface area (Å²) in [5.41, 5.74) is 4.57. The van der Waals surface area contributed by atoms with Crippen LogP contribution in [0.4, 0.5) is 0 Å². The number of hydrogen-bond donors (Lipinski definition) is 2. The number of para-hydroxylation sites is 2. The molecule has 10 heteroatoms. The molecule has 31 heavy (non-hydrogen) atoms. The van der Waals surface area contributed by atoms with E-state index >= 15 is 0 Å². The molecule has 0 bridgehead atoms. The Morgan fingerprint density at radius 2 is 1.84 bits per heavy atom. The third-order valence-corrected chi connectivity index (χ3v) is 4.16. The van der Waals surface area contributed by atoms with E-state index < -0.39 is 30.5 Å². The van der Waals surface area contributed by atoms with Gasteiger partial charge in [0.2, 0.25) is 6.10 Å². The van der Waals surface area contributed by atoms with Crippen molar-refractivity contribution >= 4 is 17.8 Å². The molecule has 164 valence electrons. The highest BCUT2D eigenvalue weighted by molar-refractivity contribution is 5.92. The van der Waals surface area contributed by atoms with Crippen molar-refractivity contribution in [1.82, 2.24) is 10.9 Å². The molecule has 3 rings (SSSR count). The van der Waals surface area contributed by atoms with Crippen LogP contribution in [0.2, 0.25) is 0 Å². The Morgan fingerprint density at radius 3 is 2.58 bits per heavy atom. The molecule has 2 aromatic rings. The Balaban J connectivity index is 1.45. The lowest BCUT2D eigenvalue weighted by molar-refractivity contribution is -0.135. The maximum Gasteiger partial charge on any atom is 0.338 e. The lowest BCUT2D eigenvalue weighted by atomic mass is 10.2. The van der Waals surface area contributed by atoms with Crippen LogP contribution >= 0.6 is 0 Å². The van der Waals surface area contributed by atoms with Crippen LogP contribution in [-0.2, 0) is 14.3 Å². The summed E-state index contributed by atoms with van der Waals surface area (Å²) >= 11 is 0. The number of fused-ring (bicyclic) bond motifs is 1. The van der Waals surface area contributed by atoms with E-state index in [0.29, 0.717) is 29.6 Å². The SMILES string of the molecule is CCOc1cc(C(=O)OCC(=O)NNC(=O)C2COc3ccccc3O2)ccc1OC. The molecular formula is C21H22N2O8. The molecule has 0 aromatic heterocycles. The van der Waals surface area contributed by atoms with Crippen molar-refractivity contribution in [3.8, 4) is 23.0 Å². The molecule has 1 unspecified atom stereocenters. The first kappa shape index (κ1) is 21.8. The molecule has 0 spiro atoms. The number of ether oxygens (including phenoxy) is 5. The topological polar surface area (TPSA) is 121 Å². The van der Waals surface area contributed by atoms with E-state index in [1.807, 2.05) is 0 Å². The number of esters is 1. The van der Waals surface area contributed by atoms with Gasteiger partial charge in [0.15, 0.2) is 29.6 Å². The minimum absolute atomic E-state index is 0.00661. The zero-order valence-electron chi connectivity index (χ0n) is 17.0. The van der Waals surface area contributed by atoms with Crippen LogP contribution in [0.5, 0.6) is 23.0 Å². The monoisotopic (exact) mass is 430 g/mol. The molecular weight excluding hydrogens is 408 g/mol. The van der Waals surface area contributed by atoms with Crippen molar-refractivity contribution in [2.24, 2.45) is 0 Å². The zero-order chi connectivity index (χ0) is 22.2. The minimum Gasteiger partial charge on any atom is -0.493 e. The first-order chi connectivity index (χ1) is 15.0. The number of methoxy groups -OCH3 is 1. The quantitative estimate of drug-likeness (QED) is 0.497. The fourth-order valence-corrected chi connectivity index (χ4v) is 2.68. The van der Waals surface area contributed by atoms with E-state index in [9.17, 15) is 14.4 Å². The Kier molecular flexibility index (Phi) is 7.15. The molecule has 2 N–H and O–H groups in total. The largest absolute Gasteiger partial charge is 0.493 e. The molecule has 1 atom stereocenters. The van der Waals surface area contributed by atoms with Gasteiger partial charge in [0.1, 0.15) is 6.61 Å². The summed E-state index contributed by atoms with van der Waals surface area (Å²) < 4.78 is 26.5. The van der Waals surface area contributed by atoms with Crippen LogP contribution < -0.4 is 29.8 Å². The molecule has 1 aliphatic heterocycles. The molecule has 10 nitrogen and oxygen atoms in total. The highest BCUT2D eigenvalue weighted by Crippen LogP contribution is 2.31. The van der Waals surface area contributed by atoms with Crippen LogP contribution in [0, 0.1) is 0 Å². The Morgan fingerprint density at radius 1 is 1.06 bits per heavy atom. The van der Waals surface area contributed by atoms with Crippen LogP contribution in [0.3, 0.4) is 0 Å². The van der Waals surface area contributed by atoms with Gasteiger partial charge < -0.3 is 23.7 Å². The molecule has 2 aromatic carbocycles. The average Bonchev–Trinajstić information content (AvgIpc) is 2.80. The zero-order valence-corrected chi connectivity index (χ0v) is 17.0. The molecule has 0 radical (unpaired) electrons. The third kappa shape index (κ3) is 5.56. The van der Waals surface area contributed by atoms with Gasteiger partial charge in [-0.05, 0) is 37.3 Å². The van der Waals surface area contributed by atoms with E-state index in [4.69, 9.17) is 23.7 Å². The first-order valence-corrected chi connectivity index (χ1v) is 9.47. The van der Waals surface area contributed by atoms with E-state index in [2.05, 4.69) is 10.9 Å². The number of hydrogen-bond acceptors (Lipinski definition) is 8. The second kappa shape index (κ2) is 10.2. The number of rotatable bonds is 7. The normalized spacial score (nSPS) is 14.2. The number of carbonyl (C=O) groups excluding carboxylic acids is 3. The second-order valence-electron chi connectivity index (χ2n) is 6.28. The summed E-state index contributed by atoms with van der Waals surface area (Å²) in [6.07, 6.45) is -0.936. The van der Waals surface area contributed by atoms with Crippen molar-refractivity contribution in [2.45, 2.75) is 13.0 Å². The summed E-state index contributed by atoms with van der Waals surface area (Å²) in [5.74, 6) is -0.245. The summed E-state index contributed by atoms with van der Waals surface area (Å²) in [6.45, 7) is 1.58. The fourth-order valence-electron chi connectivity index (χ4n) is 2.68. The standard InChI is InChI=1S/C21H22N2O8/c1-3-28-17-10-13(8-9-14(17)27-2)21(26)30-12-19(24)22-23-20(25)18-11-29-15-6-4-5-7-16(15)31-18/h4-10,18H,3,11-12H2,1-2H3,(H,22,24)(H,23,25). The van der Waals surface area contributed by atoms with Crippen molar-refractivity contribution in [3.63, 3.8) is 0 Å². The minimum atomic E-state index is -0.936. The molecule has 2 amide bonds. The van der Waals surface area contributed by atoms with E-state index in [-0.39, 0.29) is 12.2 Å². The molecule has 0 saturated carbocycles. The molecule has 0 aliphatic carbocycles. The smallest absolute Gasteiger partial charge is 0.338 e. The van der Waals surface area contributed by atoms with Gasteiger partial charge in [-0.2, -0.15) is 0 Å². The van der Waals surface area contributed by atoms with Gasteiger partial charge in [0.25, 0.3) is 11.8 Å². The van der Waals surface area contributed by atoms with Gasteiger partial charge >= 0.3 is 5.97 Å². The predicted octanol–water partition coefficient (Wildman–Crippen LogP) is 1.24. The van der Waals surface area contributed by atoms with Crippen molar-refractivity contribution in [1.29, 1.82) is 0 Å². The molecule has 1 heterocycles. The van der Waals surface area contributed by atoms with Crippen molar-refractivity contribution in [2.75, 3.05) is 26.9 Å². The highest BCUT2D eigenvalue weighted by atomic mass is 16.6. The second-order valence-corrected chi connectivity index (χ2v) is 6.28. The summed E-state index contributed by atoms with van der Waals surface area (Å²) in [6, 6.07) is 11.4. The van der Waals surface area contributed by atoms with Gasteiger partial charge in [-0.1, -0.05) is 12.1 Å². The summed E-state index contributed by atoms with van der Waals surface area (Å²) in [5, 5.41) is 0. The van der Waals surface area contributed by atoms with Crippen LogP contribution in [0.25, 0.3) is 0 Å². The van der Waals surface area contributed by atoms with Crippen molar-refractivity contribution < 1.29 is 38.1 Å². The molecule has 0 saturated heterocycles. The lowest BCUT2D eigenvalue weighted by Gasteiger charge is -2.25.